The molecule has 2 amide bonds. The van der Waals surface area contributed by atoms with Gasteiger partial charge in [0.25, 0.3) is 11.5 Å². The van der Waals surface area contributed by atoms with Crippen molar-refractivity contribution in [2.75, 3.05) is 13.1 Å². The third-order valence-electron chi connectivity index (χ3n) is 4.79. The highest BCUT2D eigenvalue weighted by atomic mass is 16.5. The number of aromatic hydroxyl groups is 1. The quantitative estimate of drug-likeness (QED) is 0.685. The average Bonchev–Trinajstić information content (AvgIpc) is 3.06. The van der Waals surface area contributed by atoms with Crippen molar-refractivity contribution in [1.29, 1.82) is 0 Å². The smallest absolute Gasteiger partial charge is 0.270 e. The molecule has 10 heteroatoms. The van der Waals surface area contributed by atoms with Gasteiger partial charge in [0, 0.05) is 31.8 Å². The maximum absolute atomic E-state index is 12.7. The van der Waals surface area contributed by atoms with Crippen LogP contribution in [0.1, 0.15) is 43.7 Å². The summed E-state index contributed by atoms with van der Waals surface area (Å²) in [6.07, 6.45) is 2.81. The predicted octanol–water partition coefficient (Wildman–Crippen LogP) is 0.606. The molecule has 0 aromatic carbocycles. The van der Waals surface area contributed by atoms with Gasteiger partial charge in [-0.1, -0.05) is 13.8 Å². The second-order valence-electron chi connectivity index (χ2n) is 8.05. The van der Waals surface area contributed by atoms with Crippen LogP contribution in [-0.2, 0) is 16.1 Å². The molecule has 0 saturated carbocycles. The van der Waals surface area contributed by atoms with Crippen molar-refractivity contribution < 1.29 is 19.4 Å². The Kier molecular flexibility index (Phi) is 5.97. The van der Waals surface area contributed by atoms with Crippen LogP contribution in [0.25, 0.3) is 11.7 Å². The van der Waals surface area contributed by atoms with Gasteiger partial charge in [0.05, 0.1) is 17.9 Å². The van der Waals surface area contributed by atoms with Crippen LogP contribution in [0.2, 0.25) is 0 Å². The number of carbonyl (C=O) groups excluding carboxylic acids is 2. The van der Waals surface area contributed by atoms with Crippen molar-refractivity contribution in [2.45, 2.75) is 46.4 Å². The van der Waals surface area contributed by atoms with Crippen molar-refractivity contribution >= 4 is 23.5 Å². The molecule has 10 nitrogen and oxygen atoms in total. The SMILES string of the molecule is CC(C)Cn1c(=O)c(C(N)=O)c(O)n2nc(/C=C/C(=O)N3C[C@@H](C)O[C@H](C)C3)cc12. The third kappa shape index (κ3) is 4.23. The van der Waals surface area contributed by atoms with Crippen molar-refractivity contribution in [3.8, 4) is 5.88 Å². The summed E-state index contributed by atoms with van der Waals surface area (Å²) in [7, 11) is 0. The average molecular weight is 417 g/mol. The summed E-state index contributed by atoms with van der Waals surface area (Å²) in [6, 6.07) is 1.57. The molecule has 0 radical (unpaired) electrons. The van der Waals surface area contributed by atoms with E-state index in [0.29, 0.717) is 31.0 Å². The minimum Gasteiger partial charge on any atom is -0.492 e. The number of ether oxygens (including phenoxy) is 1. The lowest BCUT2D eigenvalue weighted by Crippen LogP contribution is -2.47. The normalized spacial score (nSPS) is 19.8. The number of primary amides is 1. The van der Waals surface area contributed by atoms with E-state index in [1.165, 1.54) is 16.7 Å². The van der Waals surface area contributed by atoms with Crippen molar-refractivity contribution in [2.24, 2.45) is 11.7 Å². The maximum Gasteiger partial charge on any atom is 0.270 e. The highest BCUT2D eigenvalue weighted by molar-refractivity contribution is 5.95. The fourth-order valence-corrected chi connectivity index (χ4v) is 3.64. The molecule has 0 unspecified atom stereocenters. The molecule has 2 atom stereocenters. The molecule has 2 aromatic rings. The molecule has 162 valence electrons. The monoisotopic (exact) mass is 417 g/mol. The van der Waals surface area contributed by atoms with Gasteiger partial charge in [-0.05, 0) is 25.8 Å². The van der Waals surface area contributed by atoms with E-state index in [9.17, 15) is 19.5 Å². The van der Waals surface area contributed by atoms with E-state index in [0.717, 1.165) is 4.52 Å². The summed E-state index contributed by atoms with van der Waals surface area (Å²) < 4.78 is 8.08. The van der Waals surface area contributed by atoms with Crippen LogP contribution < -0.4 is 11.3 Å². The minimum atomic E-state index is -1.03. The van der Waals surface area contributed by atoms with Gasteiger partial charge in [0.2, 0.25) is 11.8 Å². The summed E-state index contributed by atoms with van der Waals surface area (Å²) in [4.78, 5) is 38.6. The zero-order valence-corrected chi connectivity index (χ0v) is 17.5. The van der Waals surface area contributed by atoms with Gasteiger partial charge in [-0.25, -0.2) is 0 Å². The minimum absolute atomic E-state index is 0.0454. The molecule has 0 spiro atoms. The molecule has 3 N–H and O–H groups in total. The van der Waals surface area contributed by atoms with E-state index in [1.54, 1.807) is 11.0 Å². The summed E-state index contributed by atoms with van der Waals surface area (Å²) in [6.45, 7) is 8.95. The Balaban J connectivity index is 1.99. The Labute approximate surface area is 173 Å². The summed E-state index contributed by atoms with van der Waals surface area (Å²) in [5, 5.41) is 14.6. The number of rotatable bonds is 5. The number of nitrogens with zero attached hydrogens (tertiary/aromatic N) is 4. The van der Waals surface area contributed by atoms with Gasteiger partial charge in [-0.15, -0.1) is 0 Å². The van der Waals surface area contributed by atoms with Gasteiger partial charge < -0.3 is 20.5 Å². The molecule has 3 heterocycles. The lowest BCUT2D eigenvalue weighted by atomic mass is 10.2. The van der Waals surface area contributed by atoms with E-state index in [2.05, 4.69) is 5.10 Å². The number of aromatic nitrogens is 3. The molecule has 0 aliphatic carbocycles. The zero-order valence-electron chi connectivity index (χ0n) is 17.5. The zero-order chi connectivity index (χ0) is 22.2. The molecule has 3 rings (SSSR count). The molecule has 30 heavy (non-hydrogen) atoms. The van der Waals surface area contributed by atoms with Crippen molar-refractivity contribution in [1.82, 2.24) is 19.1 Å². The van der Waals surface area contributed by atoms with Gasteiger partial charge in [0.15, 0.2) is 5.56 Å². The Morgan fingerprint density at radius 1 is 1.33 bits per heavy atom. The Morgan fingerprint density at radius 2 is 1.97 bits per heavy atom. The fourth-order valence-electron chi connectivity index (χ4n) is 3.64. The predicted molar refractivity (Wildman–Crippen MR) is 110 cm³/mol. The van der Waals surface area contributed by atoms with E-state index >= 15 is 0 Å². The van der Waals surface area contributed by atoms with Crippen LogP contribution in [0, 0.1) is 5.92 Å². The number of amides is 2. The van der Waals surface area contributed by atoms with Gasteiger partial charge in [-0.2, -0.15) is 9.61 Å². The van der Waals surface area contributed by atoms with E-state index in [-0.39, 0.29) is 24.0 Å². The van der Waals surface area contributed by atoms with Crippen LogP contribution in [0.15, 0.2) is 16.9 Å². The first-order valence-corrected chi connectivity index (χ1v) is 9.86. The number of nitrogens with two attached hydrogens (primary N) is 1. The van der Waals surface area contributed by atoms with E-state index < -0.39 is 22.9 Å². The fraction of sp³-hybridized carbons (Fsp3) is 0.500. The summed E-state index contributed by atoms with van der Waals surface area (Å²) >= 11 is 0. The number of morpholine rings is 1. The molecule has 2 aromatic heterocycles. The first kappa shape index (κ1) is 21.6. The number of carbonyl (C=O) groups is 2. The molecule has 1 saturated heterocycles. The number of hydrogen-bond acceptors (Lipinski definition) is 6. The topological polar surface area (TPSA) is 132 Å². The highest BCUT2D eigenvalue weighted by Crippen LogP contribution is 2.19. The second kappa shape index (κ2) is 8.31. The Morgan fingerprint density at radius 3 is 2.53 bits per heavy atom. The Hall–Kier alpha value is -3.14. The highest BCUT2D eigenvalue weighted by Gasteiger charge is 2.25. The van der Waals surface area contributed by atoms with Crippen LogP contribution in [0.5, 0.6) is 5.88 Å². The number of fused-ring (bicyclic) bond motifs is 1. The first-order chi connectivity index (χ1) is 14.1. The van der Waals surface area contributed by atoms with Gasteiger partial charge in [0.1, 0.15) is 5.65 Å². The summed E-state index contributed by atoms with van der Waals surface area (Å²) in [5.41, 5.74) is 4.75. The van der Waals surface area contributed by atoms with Crippen LogP contribution in [0.3, 0.4) is 0 Å². The van der Waals surface area contributed by atoms with Crippen molar-refractivity contribution in [3.05, 3.63) is 33.8 Å². The molecular weight excluding hydrogens is 390 g/mol. The largest absolute Gasteiger partial charge is 0.492 e. The molecule has 0 bridgehead atoms. The van der Waals surface area contributed by atoms with Crippen LogP contribution in [-0.4, -0.2) is 61.3 Å². The van der Waals surface area contributed by atoms with Crippen LogP contribution >= 0.6 is 0 Å². The van der Waals surface area contributed by atoms with Gasteiger partial charge >= 0.3 is 0 Å². The lowest BCUT2D eigenvalue weighted by molar-refractivity contribution is -0.137. The molecular formula is C20H27N5O5. The Bertz CT molecular complexity index is 1060. The van der Waals surface area contributed by atoms with Crippen molar-refractivity contribution in [3.63, 3.8) is 0 Å². The molecule has 1 fully saturated rings. The summed E-state index contributed by atoms with van der Waals surface area (Å²) in [5.74, 6) is -1.74. The van der Waals surface area contributed by atoms with Gasteiger partial charge in [-0.3, -0.25) is 19.0 Å². The number of hydrogen-bond donors (Lipinski definition) is 2. The van der Waals surface area contributed by atoms with E-state index in [1.807, 2.05) is 27.7 Å². The first-order valence-electron chi connectivity index (χ1n) is 9.86. The maximum atomic E-state index is 12.7. The third-order valence-corrected chi connectivity index (χ3v) is 4.79. The molecule has 1 aliphatic heterocycles. The standard InChI is InChI=1S/C20H27N5O5/c1-11(2)8-24-15-7-14(22-25(15)20(29)17(18(21)27)19(24)28)5-6-16(26)23-9-12(3)30-13(4)10-23/h5-7,11-13,29H,8-10H2,1-4H3,(H2,21,27)/b6-5+/t12-,13-/m1/s1. The van der Waals surface area contributed by atoms with E-state index in [4.69, 9.17) is 10.5 Å². The molecule has 1 aliphatic rings. The van der Waals surface area contributed by atoms with Crippen LogP contribution in [0.4, 0.5) is 0 Å². The second-order valence-corrected chi connectivity index (χ2v) is 8.05. The lowest BCUT2D eigenvalue weighted by Gasteiger charge is -2.34.